The molecule has 0 aromatic carbocycles. The van der Waals surface area contributed by atoms with Crippen LogP contribution in [0.2, 0.25) is 5.15 Å². The second-order valence-corrected chi connectivity index (χ2v) is 4.25. The summed E-state index contributed by atoms with van der Waals surface area (Å²) in [7, 11) is 0. The Kier molecular flexibility index (Phi) is 3.28. The van der Waals surface area contributed by atoms with Gasteiger partial charge in [-0.25, -0.2) is 18.3 Å². The Bertz CT molecular complexity index is 551. The van der Waals surface area contributed by atoms with Crippen molar-refractivity contribution < 1.29 is 8.78 Å². The zero-order chi connectivity index (χ0) is 12.6. The number of pyridine rings is 1. The molecule has 0 aliphatic carbocycles. The van der Waals surface area contributed by atoms with Gasteiger partial charge in [-0.1, -0.05) is 18.5 Å². The Morgan fingerprint density at radius 1 is 1.47 bits per heavy atom. The minimum Gasteiger partial charge on any atom is -0.212 e. The van der Waals surface area contributed by atoms with E-state index in [1.807, 2.05) is 6.92 Å². The van der Waals surface area contributed by atoms with Crippen molar-refractivity contribution in [3.05, 3.63) is 28.2 Å². The van der Waals surface area contributed by atoms with Gasteiger partial charge in [0.2, 0.25) is 0 Å². The van der Waals surface area contributed by atoms with Crippen LogP contribution in [-0.2, 0) is 6.42 Å². The largest absolute Gasteiger partial charge is 0.266 e. The summed E-state index contributed by atoms with van der Waals surface area (Å²) < 4.78 is 26.8. The molecule has 0 unspecified atom stereocenters. The summed E-state index contributed by atoms with van der Waals surface area (Å²) in [6, 6.07) is 1.37. The summed E-state index contributed by atoms with van der Waals surface area (Å²) in [6.45, 7) is 3.73. The van der Waals surface area contributed by atoms with Crippen molar-refractivity contribution in [2.75, 3.05) is 0 Å². The zero-order valence-electron chi connectivity index (χ0n) is 9.54. The molecular formula is C11H12ClF2N3. The summed E-state index contributed by atoms with van der Waals surface area (Å²) in [5.74, 6) is 0.629. The molecule has 2 rings (SSSR count). The molecule has 3 nitrogen and oxygen atoms in total. The molecule has 17 heavy (non-hydrogen) atoms. The van der Waals surface area contributed by atoms with Gasteiger partial charge >= 0.3 is 0 Å². The molecule has 0 fully saturated rings. The molecule has 2 aromatic rings. The molecule has 0 atom stereocenters. The van der Waals surface area contributed by atoms with Gasteiger partial charge in [-0.2, -0.15) is 0 Å². The fraction of sp³-hybridized carbons (Fsp3) is 0.455. The van der Waals surface area contributed by atoms with Crippen molar-refractivity contribution in [1.82, 2.24) is 14.6 Å². The van der Waals surface area contributed by atoms with Crippen molar-refractivity contribution in [2.24, 2.45) is 0 Å². The molecule has 2 heterocycles. The molecule has 0 bridgehead atoms. The van der Waals surface area contributed by atoms with E-state index in [1.54, 1.807) is 6.92 Å². The van der Waals surface area contributed by atoms with Crippen LogP contribution >= 0.6 is 11.6 Å². The van der Waals surface area contributed by atoms with E-state index >= 15 is 0 Å². The molecule has 6 heteroatoms. The van der Waals surface area contributed by atoms with Gasteiger partial charge in [0.25, 0.3) is 6.43 Å². The molecule has 2 aromatic heterocycles. The number of nitrogens with zero attached hydrogens (tertiary/aromatic N) is 3. The van der Waals surface area contributed by atoms with Crippen LogP contribution in [0.4, 0.5) is 8.78 Å². The van der Waals surface area contributed by atoms with Gasteiger partial charge in [-0.15, -0.1) is 5.10 Å². The third-order valence-electron chi connectivity index (χ3n) is 2.51. The van der Waals surface area contributed by atoms with Gasteiger partial charge in [-0.05, 0) is 25.0 Å². The van der Waals surface area contributed by atoms with E-state index in [0.29, 0.717) is 23.5 Å². The molecule has 0 spiro atoms. The third kappa shape index (κ3) is 2.11. The predicted molar refractivity (Wildman–Crippen MR) is 61.7 cm³/mol. The number of aryl methyl sites for hydroxylation is 2. The highest BCUT2D eigenvalue weighted by Crippen LogP contribution is 2.29. The minimum absolute atomic E-state index is 0.0598. The highest BCUT2D eigenvalue weighted by atomic mass is 35.5. The van der Waals surface area contributed by atoms with Crippen LogP contribution in [0.1, 0.15) is 36.7 Å². The van der Waals surface area contributed by atoms with Gasteiger partial charge in [-0.3, -0.25) is 0 Å². The number of halogens is 3. The van der Waals surface area contributed by atoms with Gasteiger partial charge < -0.3 is 0 Å². The van der Waals surface area contributed by atoms with Crippen LogP contribution in [0.3, 0.4) is 0 Å². The fourth-order valence-electron chi connectivity index (χ4n) is 1.71. The Morgan fingerprint density at radius 3 is 2.76 bits per heavy atom. The molecule has 0 N–H and O–H groups in total. The molecule has 0 radical (unpaired) electrons. The molecule has 0 saturated carbocycles. The Hall–Kier alpha value is -1.23. The zero-order valence-corrected chi connectivity index (χ0v) is 10.3. The first kappa shape index (κ1) is 12.2. The summed E-state index contributed by atoms with van der Waals surface area (Å²) >= 11 is 5.90. The van der Waals surface area contributed by atoms with Gasteiger partial charge in [0.1, 0.15) is 5.15 Å². The van der Waals surface area contributed by atoms with E-state index < -0.39 is 6.43 Å². The number of alkyl halides is 2. The minimum atomic E-state index is -2.61. The van der Waals surface area contributed by atoms with Crippen molar-refractivity contribution in [3.63, 3.8) is 0 Å². The highest BCUT2D eigenvalue weighted by molar-refractivity contribution is 6.30. The lowest BCUT2D eigenvalue weighted by molar-refractivity contribution is 0.151. The van der Waals surface area contributed by atoms with Crippen molar-refractivity contribution in [2.45, 2.75) is 33.1 Å². The average molecular weight is 260 g/mol. The summed E-state index contributed by atoms with van der Waals surface area (Å²) in [5.41, 5.74) is 0.993. The molecule has 92 valence electrons. The van der Waals surface area contributed by atoms with Crippen LogP contribution < -0.4 is 0 Å². The van der Waals surface area contributed by atoms with E-state index in [9.17, 15) is 8.78 Å². The van der Waals surface area contributed by atoms with Crippen molar-refractivity contribution in [1.29, 1.82) is 0 Å². The lowest BCUT2D eigenvalue weighted by Gasteiger charge is -2.06. The predicted octanol–water partition coefficient (Wildman–Crippen LogP) is 3.58. The molecule has 0 aliphatic heterocycles. The number of aromatic nitrogens is 3. The van der Waals surface area contributed by atoms with Crippen LogP contribution in [0, 0.1) is 6.92 Å². The van der Waals surface area contributed by atoms with Crippen LogP contribution in [0.25, 0.3) is 5.65 Å². The number of rotatable bonds is 3. The molecular weight excluding hydrogens is 248 g/mol. The first-order valence-electron chi connectivity index (χ1n) is 5.37. The van der Waals surface area contributed by atoms with Crippen molar-refractivity contribution >= 4 is 17.2 Å². The van der Waals surface area contributed by atoms with Gasteiger partial charge in [0.15, 0.2) is 11.5 Å². The Balaban J connectivity index is 2.66. The van der Waals surface area contributed by atoms with Crippen LogP contribution in [0.5, 0.6) is 0 Å². The monoisotopic (exact) mass is 259 g/mol. The Labute approximate surface area is 102 Å². The summed E-state index contributed by atoms with van der Waals surface area (Å²) in [6.07, 6.45) is -0.999. The summed E-state index contributed by atoms with van der Waals surface area (Å²) in [5, 5.41) is 4.09. The quantitative estimate of drug-likeness (QED) is 0.789. The fourth-order valence-corrected chi connectivity index (χ4v) is 1.96. The molecule has 0 aliphatic rings. The maximum atomic E-state index is 12.7. The highest BCUT2D eigenvalue weighted by Gasteiger charge is 2.18. The second kappa shape index (κ2) is 4.56. The van der Waals surface area contributed by atoms with Crippen LogP contribution in [0.15, 0.2) is 6.07 Å². The number of hydrogen-bond donors (Lipinski definition) is 0. The molecule has 0 amide bonds. The maximum Gasteiger partial charge on any atom is 0.266 e. The Morgan fingerprint density at radius 2 is 2.18 bits per heavy atom. The second-order valence-electron chi connectivity index (χ2n) is 3.89. The number of fused-ring (bicyclic) bond motifs is 1. The maximum absolute atomic E-state index is 12.7. The van der Waals surface area contributed by atoms with E-state index in [4.69, 9.17) is 11.6 Å². The molecule has 0 saturated heterocycles. The first-order valence-corrected chi connectivity index (χ1v) is 5.75. The van der Waals surface area contributed by atoms with Crippen molar-refractivity contribution in [3.8, 4) is 0 Å². The normalized spacial score (nSPS) is 11.6. The van der Waals surface area contributed by atoms with Gasteiger partial charge in [0, 0.05) is 6.42 Å². The first-order chi connectivity index (χ1) is 8.04. The topological polar surface area (TPSA) is 30.2 Å². The lowest BCUT2D eigenvalue weighted by atomic mass is 10.2. The number of hydrogen-bond acceptors (Lipinski definition) is 2. The summed E-state index contributed by atoms with van der Waals surface area (Å²) in [4.78, 5) is 4.29. The SMILES string of the molecule is CCCc1nc2c(C)cc(C(F)F)c(Cl)n2n1. The third-order valence-corrected chi connectivity index (χ3v) is 2.89. The van der Waals surface area contributed by atoms with E-state index in [2.05, 4.69) is 10.1 Å². The van der Waals surface area contributed by atoms with Crippen LogP contribution in [-0.4, -0.2) is 14.6 Å². The van der Waals surface area contributed by atoms with E-state index in [1.165, 1.54) is 10.6 Å². The van der Waals surface area contributed by atoms with E-state index in [-0.39, 0.29) is 10.7 Å². The van der Waals surface area contributed by atoms with Gasteiger partial charge in [0.05, 0.1) is 5.56 Å². The average Bonchev–Trinajstić information content (AvgIpc) is 2.68. The van der Waals surface area contributed by atoms with E-state index in [0.717, 1.165) is 6.42 Å². The lowest BCUT2D eigenvalue weighted by Crippen LogP contribution is -1.99. The smallest absolute Gasteiger partial charge is 0.212 e. The standard InChI is InChI=1S/C11H12ClF2N3/c1-3-4-8-15-11-6(2)5-7(10(13)14)9(12)17(11)16-8/h5,10H,3-4H2,1-2H3.